The minimum Gasteiger partial charge on any atom is -0.369 e. The van der Waals surface area contributed by atoms with E-state index in [9.17, 15) is 9.59 Å². The molecule has 0 aromatic carbocycles. The van der Waals surface area contributed by atoms with E-state index < -0.39 is 0 Å². The molecule has 2 aromatic rings. The molecule has 2 aromatic heterocycles. The summed E-state index contributed by atoms with van der Waals surface area (Å²) in [7, 11) is 0. The zero-order chi connectivity index (χ0) is 18.8. The van der Waals surface area contributed by atoms with Crippen molar-refractivity contribution in [3.8, 4) is 11.4 Å². The number of carbonyl (C=O) groups is 2. The van der Waals surface area contributed by atoms with E-state index in [1.54, 1.807) is 17.3 Å². The number of hydrogen-bond donors (Lipinski definition) is 1. The van der Waals surface area contributed by atoms with Gasteiger partial charge in [0, 0.05) is 37.1 Å². The molecule has 9 heteroatoms. The van der Waals surface area contributed by atoms with Gasteiger partial charge in [-0.15, -0.1) is 10.2 Å². The van der Waals surface area contributed by atoms with Gasteiger partial charge in [-0.3, -0.25) is 19.1 Å². The smallest absolute Gasteiger partial charge is 0.233 e. The highest BCUT2D eigenvalue weighted by Gasteiger charge is 2.31. The number of nitrogens with two attached hydrogens (primary N) is 1. The number of thioether (sulfide) groups is 1. The molecule has 8 nitrogen and oxygen atoms in total. The van der Waals surface area contributed by atoms with Crippen molar-refractivity contribution >= 4 is 23.6 Å². The monoisotopic (exact) mass is 386 g/mol. The fourth-order valence-electron chi connectivity index (χ4n) is 3.38. The molecule has 1 aliphatic carbocycles. The van der Waals surface area contributed by atoms with Gasteiger partial charge in [-0.1, -0.05) is 11.8 Å². The first-order chi connectivity index (χ1) is 13.1. The molecule has 3 heterocycles. The fraction of sp³-hybridized carbons (Fsp3) is 0.500. The van der Waals surface area contributed by atoms with Gasteiger partial charge in [0.25, 0.3) is 0 Å². The van der Waals surface area contributed by atoms with Gasteiger partial charge < -0.3 is 10.6 Å². The van der Waals surface area contributed by atoms with E-state index in [0.29, 0.717) is 19.1 Å². The molecule has 1 atom stereocenters. The largest absolute Gasteiger partial charge is 0.369 e. The minimum absolute atomic E-state index is 0.0132. The molecule has 1 unspecified atom stereocenters. The highest BCUT2D eigenvalue weighted by Crippen LogP contribution is 2.41. The summed E-state index contributed by atoms with van der Waals surface area (Å²) < 4.78 is 2.12. The maximum atomic E-state index is 12.6. The lowest BCUT2D eigenvalue weighted by atomic mass is 9.97. The van der Waals surface area contributed by atoms with Gasteiger partial charge >= 0.3 is 0 Å². The molecule has 1 saturated carbocycles. The van der Waals surface area contributed by atoms with Gasteiger partial charge in [0.15, 0.2) is 11.0 Å². The highest BCUT2D eigenvalue weighted by atomic mass is 32.2. The Balaban J connectivity index is 1.45. The molecule has 2 aliphatic rings. The summed E-state index contributed by atoms with van der Waals surface area (Å²) in [5.74, 6) is 0.532. The maximum absolute atomic E-state index is 12.6. The second-order valence-electron chi connectivity index (χ2n) is 7.02. The minimum atomic E-state index is -0.324. The van der Waals surface area contributed by atoms with Crippen LogP contribution in [0.2, 0.25) is 0 Å². The summed E-state index contributed by atoms with van der Waals surface area (Å²) in [6.45, 7) is 1.10. The number of carbonyl (C=O) groups excluding carboxylic acids is 2. The number of aromatic nitrogens is 4. The Morgan fingerprint density at radius 2 is 2.11 bits per heavy atom. The van der Waals surface area contributed by atoms with E-state index in [2.05, 4.69) is 19.7 Å². The number of hydrogen-bond acceptors (Lipinski definition) is 6. The first kappa shape index (κ1) is 18.0. The highest BCUT2D eigenvalue weighted by molar-refractivity contribution is 7.99. The van der Waals surface area contributed by atoms with Crippen LogP contribution >= 0.6 is 11.8 Å². The average molecular weight is 386 g/mol. The Kier molecular flexibility index (Phi) is 5.11. The molecular formula is C18H22N6O2S. The third-order valence-electron chi connectivity index (χ3n) is 5.00. The molecule has 2 N–H and O–H groups in total. The standard InChI is InChI=1S/C18H22N6O2S/c19-16(26)13-4-2-8-23(10-13)15(25)11-27-18-22-21-17(24(18)14-5-6-14)12-3-1-7-20-9-12/h1,3,7,9,13-14H,2,4-6,8,10-11H2,(H2,19,26). The predicted molar refractivity (Wildman–Crippen MR) is 101 cm³/mol. The van der Waals surface area contributed by atoms with Gasteiger partial charge in [-0.05, 0) is 37.8 Å². The molecule has 2 fully saturated rings. The van der Waals surface area contributed by atoms with Crippen LogP contribution in [-0.2, 0) is 9.59 Å². The van der Waals surface area contributed by atoms with E-state index in [1.807, 2.05) is 12.1 Å². The third kappa shape index (κ3) is 3.97. The quantitative estimate of drug-likeness (QED) is 0.754. The summed E-state index contributed by atoms with van der Waals surface area (Å²) in [5, 5.41) is 9.41. The number of nitrogens with zero attached hydrogens (tertiary/aromatic N) is 5. The van der Waals surface area contributed by atoms with Crippen LogP contribution in [0.4, 0.5) is 0 Å². The average Bonchev–Trinajstić information content (AvgIpc) is 3.45. The van der Waals surface area contributed by atoms with Crippen LogP contribution in [0.3, 0.4) is 0 Å². The summed E-state index contributed by atoms with van der Waals surface area (Å²) in [4.78, 5) is 29.9. The van der Waals surface area contributed by atoms with E-state index in [0.717, 1.165) is 42.2 Å². The van der Waals surface area contributed by atoms with Crippen molar-refractivity contribution in [1.29, 1.82) is 0 Å². The number of likely N-dealkylation sites (tertiary alicyclic amines) is 1. The third-order valence-corrected chi connectivity index (χ3v) is 5.93. The van der Waals surface area contributed by atoms with Crippen LogP contribution < -0.4 is 5.73 Å². The van der Waals surface area contributed by atoms with E-state index in [-0.39, 0.29) is 23.5 Å². The first-order valence-corrected chi connectivity index (χ1v) is 10.2. The molecule has 1 aliphatic heterocycles. The summed E-state index contributed by atoms with van der Waals surface area (Å²) in [5.41, 5.74) is 6.33. The first-order valence-electron chi connectivity index (χ1n) is 9.18. The van der Waals surface area contributed by atoms with Gasteiger partial charge in [0.05, 0.1) is 11.7 Å². The number of primary amides is 1. The lowest BCUT2D eigenvalue weighted by molar-refractivity contribution is -0.132. The van der Waals surface area contributed by atoms with Crippen LogP contribution in [0.5, 0.6) is 0 Å². The van der Waals surface area contributed by atoms with Crippen molar-refractivity contribution in [3.05, 3.63) is 24.5 Å². The SMILES string of the molecule is NC(=O)C1CCCN(C(=O)CSc2nnc(-c3cccnc3)n2C2CC2)C1. The molecule has 0 bridgehead atoms. The lowest BCUT2D eigenvalue weighted by Gasteiger charge is -2.31. The Hall–Kier alpha value is -2.42. The zero-order valence-electron chi connectivity index (χ0n) is 15.0. The Morgan fingerprint density at radius 3 is 2.81 bits per heavy atom. The number of amides is 2. The molecule has 0 radical (unpaired) electrons. The maximum Gasteiger partial charge on any atom is 0.233 e. The predicted octanol–water partition coefficient (Wildman–Crippen LogP) is 1.49. The van der Waals surface area contributed by atoms with Gasteiger partial charge in [-0.2, -0.15) is 0 Å². The fourth-order valence-corrected chi connectivity index (χ4v) is 4.29. The molecule has 2 amide bonds. The van der Waals surface area contributed by atoms with Gasteiger partial charge in [-0.25, -0.2) is 0 Å². The van der Waals surface area contributed by atoms with Crippen LogP contribution in [0, 0.1) is 5.92 Å². The number of piperidine rings is 1. The van der Waals surface area contributed by atoms with Crippen molar-refractivity contribution in [2.24, 2.45) is 11.7 Å². The zero-order valence-corrected chi connectivity index (χ0v) is 15.8. The van der Waals surface area contributed by atoms with Crippen molar-refractivity contribution in [1.82, 2.24) is 24.6 Å². The van der Waals surface area contributed by atoms with E-state index >= 15 is 0 Å². The molecule has 142 valence electrons. The van der Waals surface area contributed by atoms with Gasteiger partial charge in [0.2, 0.25) is 11.8 Å². The van der Waals surface area contributed by atoms with Crippen molar-refractivity contribution in [3.63, 3.8) is 0 Å². The molecule has 1 saturated heterocycles. The molecule has 0 spiro atoms. The van der Waals surface area contributed by atoms with Crippen LogP contribution in [0.15, 0.2) is 29.7 Å². The van der Waals surface area contributed by atoms with E-state index in [1.165, 1.54) is 11.8 Å². The van der Waals surface area contributed by atoms with Crippen molar-refractivity contribution in [2.45, 2.75) is 36.9 Å². The second kappa shape index (κ2) is 7.67. The Labute approximate surface area is 161 Å². The molecule has 4 rings (SSSR count). The van der Waals surface area contributed by atoms with Gasteiger partial charge in [0.1, 0.15) is 0 Å². The lowest BCUT2D eigenvalue weighted by Crippen LogP contribution is -2.44. The molecular weight excluding hydrogens is 364 g/mol. The van der Waals surface area contributed by atoms with E-state index in [4.69, 9.17) is 5.73 Å². The van der Waals surface area contributed by atoms with Crippen LogP contribution in [-0.4, -0.2) is 55.3 Å². The number of rotatable bonds is 6. The van der Waals surface area contributed by atoms with Crippen molar-refractivity contribution < 1.29 is 9.59 Å². The number of pyridine rings is 1. The van der Waals surface area contributed by atoms with Crippen LogP contribution in [0.25, 0.3) is 11.4 Å². The Morgan fingerprint density at radius 1 is 1.26 bits per heavy atom. The summed E-state index contributed by atoms with van der Waals surface area (Å²) in [6.07, 6.45) is 7.27. The normalized spacial score (nSPS) is 19.9. The molecule has 27 heavy (non-hydrogen) atoms. The topological polar surface area (TPSA) is 107 Å². The Bertz CT molecular complexity index is 836. The summed E-state index contributed by atoms with van der Waals surface area (Å²) >= 11 is 1.40. The summed E-state index contributed by atoms with van der Waals surface area (Å²) in [6, 6.07) is 4.23. The van der Waals surface area contributed by atoms with Crippen molar-refractivity contribution in [2.75, 3.05) is 18.8 Å². The van der Waals surface area contributed by atoms with Crippen LogP contribution in [0.1, 0.15) is 31.7 Å². The second-order valence-corrected chi connectivity index (χ2v) is 7.96.